The molecule has 0 bridgehead atoms. The number of rotatable bonds is 6. The first-order valence-corrected chi connectivity index (χ1v) is 8.38. The van der Waals surface area contributed by atoms with Crippen LogP contribution in [0, 0.1) is 0 Å². The minimum Gasteiger partial charge on any atom is -0.508 e. The van der Waals surface area contributed by atoms with Crippen molar-refractivity contribution >= 4 is 5.69 Å². The molecule has 0 saturated heterocycles. The van der Waals surface area contributed by atoms with E-state index in [1.807, 2.05) is 18.3 Å². The molecule has 23 heavy (non-hydrogen) atoms. The van der Waals surface area contributed by atoms with Gasteiger partial charge in [-0.25, -0.2) is 9.97 Å². The van der Waals surface area contributed by atoms with E-state index >= 15 is 0 Å². The Morgan fingerprint density at radius 3 is 2.61 bits per heavy atom. The molecule has 0 amide bonds. The molecule has 1 aliphatic carbocycles. The number of anilines is 1. The fourth-order valence-corrected chi connectivity index (χ4v) is 3.12. The Morgan fingerprint density at radius 2 is 1.91 bits per heavy atom. The second-order valence-corrected chi connectivity index (χ2v) is 6.09. The van der Waals surface area contributed by atoms with E-state index in [0.717, 1.165) is 35.7 Å². The molecule has 3 rings (SSSR count). The maximum absolute atomic E-state index is 9.43. The first-order valence-electron chi connectivity index (χ1n) is 8.38. The molecule has 0 atom stereocenters. The molecule has 5 heteroatoms. The van der Waals surface area contributed by atoms with Gasteiger partial charge in [0.1, 0.15) is 5.75 Å². The van der Waals surface area contributed by atoms with Crippen LogP contribution in [0.5, 0.6) is 5.75 Å². The van der Waals surface area contributed by atoms with Gasteiger partial charge in [0.2, 0.25) is 0 Å². The molecule has 5 nitrogen and oxygen atoms in total. The number of aromatic nitrogens is 2. The van der Waals surface area contributed by atoms with Crippen molar-refractivity contribution in [2.75, 3.05) is 18.4 Å². The van der Waals surface area contributed by atoms with Gasteiger partial charge in [0, 0.05) is 18.0 Å². The lowest BCUT2D eigenvalue weighted by atomic mass is 10.0. The molecular weight excluding hydrogens is 288 g/mol. The van der Waals surface area contributed by atoms with Crippen molar-refractivity contribution in [1.29, 1.82) is 0 Å². The largest absolute Gasteiger partial charge is 0.508 e. The lowest BCUT2D eigenvalue weighted by Gasteiger charge is -2.16. The second-order valence-electron chi connectivity index (χ2n) is 6.09. The van der Waals surface area contributed by atoms with Crippen LogP contribution in [0.15, 0.2) is 30.5 Å². The van der Waals surface area contributed by atoms with Crippen LogP contribution in [0.25, 0.3) is 11.4 Å². The first kappa shape index (κ1) is 15.7. The van der Waals surface area contributed by atoms with Crippen molar-refractivity contribution in [1.82, 2.24) is 9.97 Å². The van der Waals surface area contributed by atoms with Gasteiger partial charge >= 0.3 is 0 Å². The summed E-state index contributed by atoms with van der Waals surface area (Å²) in [5.41, 5.74) is 8.66. The van der Waals surface area contributed by atoms with Gasteiger partial charge in [-0.1, -0.05) is 12.8 Å². The number of hydrogen-bond acceptors (Lipinski definition) is 5. The van der Waals surface area contributed by atoms with Crippen molar-refractivity contribution in [3.8, 4) is 17.1 Å². The highest BCUT2D eigenvalue weighted by Crippen LogP contribution is 2.37. The topological polar surface area (TPSA) is 84.1 Å². The van der Waals surface area contributed by atoms with E-state index in [1.54, 1.807) is 12.1 Å². The highest BCUT2D eigenvalue weighted by atomic mass is 16.3. The van der Waals surface area contributed by atoms with E-state index in [2.05, 4.69) is 10.3 Å². The molecule has 0 radical (unpaired) electrons. The van der Waals surface area contributed by atoms with Crippen molar-refractivity contribution in [3.63, 3.8) is 0 Å². The molecule has 2 aromatic rings. The van der Waals surface area contributed by atoms with Crippen LogP contribution < -0.4 is 11.1 Å². The number of nitrogens with zero attached hydrogens (tertiary/aromatic N) is 2. The van der Waals surface area contributed by atoms with Crippen LogP contribution in [-0.2, 0) is 0 Å². The molecule has 122 valence electrons. The fraction of sp³-hybridized carbons (Fsp3) is 0.444. The molecule has 1 aromatic carbocycles. The average Bonchev–Trinajstić information content (AvgIpc) is 3.10. The normalized spacial score (nSPS) is 15.0. The fourth-order valence-electron chi connectivity index (χ4n) is 3.12. The number of nitrogens with one attached hydrogen (secondary N) is 1. The standard InChI is InChI=1S/C18H24N4O/c19-10-3-11-20-16-12-21-18(14-6-8-15(23)9-7-14)22-17(16)13-4-1-2-5-13/h6-9,12-13,20,23H,1-5,10-11,19H2. The predicted molar refractivity (Wildman–Crippen MR) is 92.5 cm³/mol. The van der Waals surface area contributed by atoms with Gasteiger partial charge < -0.3 is 16.2 Å². The molecule has 1 fully saturated rings. The van der Waals surface area contributed by atoms with E-state index in [9.17, 15) is 5.11 Å². The maximum atomic E-state index is 9.43. The van der Waals surface area contributed by atoms with Gasteiger partial charge in [-0.3, -0.25) is 0 Å². The zero-order valence-electron chi connectivity index (χ0n) is 13.3. The lowest BCUT2D eigenvalue weighted by molar-refractivity contribution is 0.475. The summed E-state index contributed by atoms with van der Waals surface area (Å²) < 4.78 is 0. The van der Waals surface area contributed by atoms with Crippen LogP contribution >= 0.6 is 0 Å². The third-order valence-electron chi connectivity index (χ3n) is 4.38. The average molecular weight is 312 g/mol. The Bertz CT molecular complexity index is 636. The van der Waals surface area contributed by atoms with E-state index in [1.165, 1.54) is 25.7 Å². The monoisotopic (exact) mass is 312 g/mol. The van der Waals surface area contributed by atoms with Crippen molar-refractivity contribution in [2.45, 2.75) is 38.0 Å². The zero-order valence-corrected chi connectivity index (χ0v) is 13.3. The smallest absolute Gasteiger partial charge is 0.159 e. The summed E-state index contributed by atoms with van der Waals surface area (Å²) in [6.07, 6.45) is 7.75. The minimum absolute atomic E-state index is 0.254. The third-order valence-corrected chi connectivity index (χ3v) is 4.38. The lowest BCUT2D eigenvalue weighted by Crippen LogP contribution is -2.12. The summed E-state index contributed by atoms with van der Waals surface area (Å²) in [7, 11) is 0. The van der Waals surface area contributed by atoms with Crippen molar-refractivity contribution in [3.05, 3.63) is 36.2 Å². The number of benzene rings is 1. The first-order chi connectivity index (χ1) is 11.3. The number of phenols is 1. The van der Waals surface area contributed by atoms with Gasteiger partial charge in [0.15, 0.2) is 5.82 Å². The Kier molecular flexibility index (Phi) is 5.08. The van der Waals surface area contributed by atoms with Gasteiger partial charge in [-0.15, -0.1) is 0 Å². The molecule has 1 saturated carbocycles. The quantitative estimate of drug-likeness (QED) is 0.713. The number of nitrogens with two attached hydrogens (primary N) is 1. The molecule has 1 heterocycles. The van der Waals surface area contributed by atoms with Gasteiger partial charge in [-0.05, 0) is 50.1 Å². The van der Waals surface area contributed by atoms with Crippen LogP contribution in [-0.4, -0.2) is 28.2 Å². The SMILES string of the molecule is NCCCNc1cnc(-c2ccc(O)cc2)nc1C1CCCC1. The van der Waals surface area contributed by atoms with E-state index in [4.69, 9.17) is 10.7 Å². The molecule has 0 aliphatic heterocycles. The van der Waals surface area contributed by atoms with Crippen LogP contribution in [0.4, 0.5) is 5.69 Å². The van der Waals surface area contributed by atoms with E-state index in [0.29, 0.717) is 12.5 Å². The van der Waals surface area contributed by atoms with E-state index in [-0.39, 0.29) is 5.75 Å². The Morgan fingerprint density at radius 1 is 1.17 bits per heavy atom. The highest BCUT2D eigenvalue weighted by molar-refractivity contribution is 5.59. The highest BCUT2D eigenvalue weighted by Gasteiger charge is 2.22. The molecule has 0 unspecified atom stereocenters. The second kappa shape index (κ2) is 7.42. The van der Waals surface area contributed by atoms with Crippen molar-refractivity contribution in [2.24, 2.45) is 5.73 Å². The summed E-state index contributed by atoms with van der Waals surface area (Å²) >= 11 is 0. The van der Waals surface area contributed by atoms with Gasteiger partial charge in [0.25, 0.3) is 0 Å². The minimum atomic E-state index is 0.254. The number of aromatic hydroxyl groups is 1. The van der Waals surface area contributed by atoms with Crippen LogP contribution in [0.2, 0.25) is 0 Å². The van der Waals surface area contributed by atoms with Gasteiger partial charge in [-0.2, -0.15) is 0 Å². The number of phenolic OH excluding ortho intramolecular Hbond substituents is 1. The predicted octanol–water partition coefficient (Wildman–Crippen LogP) is 3.27. The molecular formula is C18H24N4O. The van der Waals surface area contributed by atoms with Crippen LogP contribution in [0.1, 0.15) is 43.7 Å². The molecule has 4 N–H and O–H groups in total. The Labute approximate surface area is 137 Å². The summed E-state index contributed by atoms with van der Waals surface area (Å²) in [4.78, 5) is 9.35. The maximum Gasteiger partial charge on any atom is 0.159 e. The molecule has 1 aromatic heterocycles. The van der Waals surface area contributed by atoms with Crippen molar-refractivity contribution < 1.29 is 5.11 Å². The van der Waals surface area contributed by atoms with E-state index < -0.39 is 0 Å². The molecule has 1 aliphatic rings. The molecule has 0 spiro atoms. The third kappa shape index (κ3) is 3.79. The number of hydrogen-bond donors (Lipinski definition) is 3. The summed E-state index contributed by atoms with van der Waals surface area (Å²) in [6, 6.07) is 7.04. The summed E-state index contributed by atoms with van der Waals surface area (Å²) in [5, 5.41) is 12.9. The Balaban J connectivity index is 1.90. The van der Waals surface area contributed by atoms with Crippen LogP contribution in [0.3, 0.4) is 0 Å². The summed E-state index contributed by atoms with van der Waals surface area (Å²) in [5.74, 6) is 1.48. The summed E-state index contributed by atoms with van der Waals surface area (Å²) in [6.45, 7) is 1.52. The van der Waals surface area contributed by atoms with Gasteiger partial charge in [0.05, 0.1) is 17.6 Å². The zero-order chi connectivity index (χ0) is 16.1. The Hall–Kier alpha value is -2.14.